The first-order chi connectivity index (χ1) is 4.68. The lowest BCUT2D eigenvalue weighted by molar-refractivity contribution is 0.122. The van der Waals surface area contributed by atoms with Crippen LogP contribution in [0.1, 0.15) is 13.8 Å². The number of phosphoric ester groups is 1. The summed E-state index contributed by atoms with van der Waals surface area (Å²) in [4.78, 5) is 0. The number of phosphoric acid groups is 1. The van der Waals surface area contributed by atoms with Crippen LogP contribution in [0.25, 0.3) is 0 Å². The van der Waals surface area contributed by atoms with Crippen LogP contribution in [0.3, 0.4) is 0 Å². The lowest BCUT2D eigenvalue weighted by atomic mass is 10.9. The monoisotopic (exact) mass is 169 g/mol. The molecule has 0 heterocycles. The van der Waals surface area contributed by atoms with Crippen molar-refractivity contribution in [2.45, 2.75) is 13.8 Å². The van der Waals surface area contributed by atoms with Crippen molar-refractivity contribution in [3.05, 3.63) is 0 Å². The van der Waals surface area contributed by atoms with Crippen LogP contribution >= 0.6 is 7.82 Å². The van der Waals surface area contributed by atoms with Crippen LogP contribution in [0, 0.1) is 0 Å². The van der Waals surface area contributed by atoms with Gasteiger partial charge in [-0.1, -0.05) is 0 Å². The second-order valence-corrected chi connectivity index (χ2v) is 3.01. The average Bonchev–Trinajstić information content (AvgIpc) is 1.89. The molecular formula is C4H12NO4P. The van der Waals surface area contributed by atoms with Gasteiger partial charge >= 0.3 is 7.82 Å². The van der Waals surface area contributed by atoms with E-state index in [2.05, 4.69) is 19.6 Å². The van der Waals surface area contributed by atoms with E-state index >= 15 is 0 Å². The van der Waals surface area contributed by atoms with E-state index in [4.69, 9.17) is 0 Å². The van der Waals surface area contributed by atoms with Gasteiger partial charge in [0.25, 0.3) is 0 Å². The number of hydrogen-bond donors (Lipinski definition) is 1. The summed E-state index contributed by atoms with van der Waals surface area (Å²) in [7, 11) is -3.42. The quantitative estimate of drug-likeness (QED) is 0.492. The molecule has 62 valence electrons. The largest absolute Gasteiger partial charge is 0.491 e. The third-order valence-electron chi connectivity index (χ3n) is 0.704. The molecule has 0 fully saturated rings. The topological polar surface area (TPSA) is 70.8 Å². The molecule has 0 rings (SSSR count). The molecule has 0 unspecified atom stereocenters. The third kappa shape index (κ3) is 3.29. The first-order valence-corrected chi connectivity index (χ1v) is 4.42. The Balaban J connectivity index is 3.83. The molecule has 0 atom stereocenters. The Labute approximate surface area is 60.0 Å². The van der Waals surface area contributed by atoms with Crippen molar-refractivity contribution in [2.24, 2.45) is 5.90 Å². The minimum absolute atomic E-state index is 0.245. The molecule has 10 heavy (non-hydrogen) atoms. The summed E-state index contributed by atoms with van der Waals surface area (Å²) in [6, 6.07) is 0. The highest BCUT2D eigenvalue weighted by Crippen LogP contribution is 2.46. The Bertz CT molecular complexity index is 118. The molecule has 0 aromatic carbocycles. The fourth-order valence-corrected chi connectivity index (χ4v) is 1.24. The van der Waals surface area contributed by atoms with Crippen LogP contribution in [-0.2, 0) is 18.2 Å². The summed E-state index contributed by atoms with van der Waals surface area (Å²) in [5.74, 6) is 4.67. The van der Waals surface area contributed by atoms with Crippen molar-refractivity contribution in [1.82, 2.24) is 0 Å². The highest BCUT2D eigenvalue weighted by molar-refractivity contribution is 7.48. The normalized spacial score (nSPS) is 11.9. The van der Waals surface area contributed by atoms with Crippen LogP contribution in [0.2, 0.25) is 0 Å². The van der Waals surface area contributed by atoms with Crippen molar-refractivity contribution in [3.8, 4) is 0 Å². The minimum atomic E-state index is -3.42. The average molecular weight is 169 g/mol. The highest BCUT2D eigenvalue weighted by atomic mass is 31.2. The molecule has 6 heteroatoms. The SMILES string of the molecule is CCOP(=O)(ON)OCC. The van der Waals surface area contributed by atoms with E-state index in [-0.39, 0.29) is 13.2 Å². The van der Waals surface area contributed by atoms with E-state index < -0.39 is 7.82 Å². The molecule has 0 saturated heterocycles. The van der Waals surface area contributed by atoms with E-state index in [1.165, 1.54) is 0 Å². The first-order valence-electron chi connectivity index (χ1n) is 2.96. The Kier molecular flexibility index (Phi) is 4.85. The summed E-state index contributed by atoms with van der Waals surface area (Å²) in [5.41, 5.74) is 0. The van der Waals surface area contributed by atoms with E-state index in [1.54, 1.807) is 13.8 Å². The van der Waals surface area contributed by atoms with Crippen molar-refractivity contribution in [3.63, 3.8) is 0 Å². The van der Waals surface area contributed by atoms with Gasteiger partial charge in [0.1, 0.15) is 0 Å². The predicted octanol–water partition coefficient (Wildman–Crippen LogP) is 1.06. The van der Waals surface area contributed by atoms with Crippen molar-refractivity contribution in [1.29, 1.82) is 0 Å². The molecule has 2 N–H and O–H groups in total. The van der Waals surface area contributed by atoms with Gasteiger partial charge < -0.3 is 0 Å². The number of rotatable bonds is 5. The lowest BCUT2D eigenvalue weighted by Gasteiger charge is -2.11. The fourth-order valence-electron chi connectivity index (χ4n) is 0.414. The molecule has 0 bridgehead atoms. The minimum Gasteiger partial charge on any atom is -0.286 e. The van der Waals surface area contributed by atoms with Gasteiger partial charge in [0.2, 0.25) is 0 Å². The molecule has 0 saturated carbocycles. The summed E-state index contributed by atoms with van der Waals surface area (Å²) < 4.78 is 24.2. The summed E-state index contributed by atoms with van der Waals surface area (Å²) in [6.45, 7) is 3.83. The Hall–Kier alpha value is 0.0700. The predicted molar refractivity (Wildman–Crippen MR) is 36.1 cm³/mol. The zero-order valence-electron chi connectivity index (χ0n) is 6.07. The zero-order valence-corrected chi connectivity index (χ0v) is 6.97. The molecule has 0 spiro atoms. The summed E-state index contributed by atoms with van der Waals surface area (Å²) in [6.07, 6.45) is 0. The van der Waals surface area contributed by atoms with Crippen molar-refractivity contribution >= 4 is 7.82 Å². The summed E-state index contributed by atoms with van der Waals surface area (Å²) >= 11 is 0. The Morgan fingerprint density at radius 1 is 1.30 bits per heavy atom. The van der Waals surface area contributed by atoms with Crippen molar-refractivity contribution in [2.75, 3.05) is 13.2 Å². The Morgan fingerprint density at radius 3 is 1.90 bits per heavy atom. The molecule has 5 nitrogen and oxygen atoms in total. The highest BCUT2D eigenvalue weighted by Gasteiger charge is 2.23. The van der Waals surface area contributed by atoms with E-state index in [0.29, 0.717) is 0 Å². The maximum Gasteiger partial charge on any atom is 0.491 e. The third-order valence-corrected chi connectivity index (χ3v) is 2.11. The molecule has 0 amide bonds. The molecule has 0 aromatic heterocycles. The van der Waals surface area contributed by atoms with Crippen LogP contribution < -0.4 is 5.90 Å². The molecular weight excluding hydrogens is 157 g/mol. The smallest absolute Gasteiger partial charge is 0.286 e. The van der Waals surface area contributed by atoms with E-state index in [9.17, 15) is 4.57 Å². The van der Waals surface area contributed by atoms with Crippen LogP contribution in [0.4, 0.5) is 0 Å². The summed E-state index contributed by atoms with van der Waals surface area (Å²) in [5, 5.41) is 0. The van der Waals surface area contributed by atoms with Gasteiger partial charge in [-0.15, -0.1) is 0 Å². The second kappa shape index (κ2) is 4.82. The van der Waals surface area contributed by atoms with Gasteiger partial charge in [-0.05, 0) is 13.8 Å². The lowest BCUT2D eigenvalue weighted by Crippen LogP contribution is -2.03. The van der Waals surface area contributed by atoms with Crippen LogP contribution in [-0.4, -0.2) is 13.2 Å². The standard InChI is InChI=1S/C4H12NO4P/c1-3-7-10(6,9-5)8-4-2/h3-5H2,1-2H3. The molecule has 0 aliphatic rings. The van der Waals surface area contributed by atoms with Gasteiger partial charge in [0.05, 0.1) is 13.2 Å². The van der Waals surface area contributed by atoms with Gasteiger partial charge in [0.15, 0.2) is 0 Å². The number of nitrogens with two attached hydrogens (primary N) is 1. The maximum atomic E-state index is 11.0. The van der Waals surface area contributed by atoms with Crippen LogP contribution in [0.15, 0.2) is 0 Å². The van der Waals surface area contributed by atoms with Crippen molar-refractivity contribution < 1.29 is 18.2 Å². The van der Waals surface area contributed by atoms with Gasteiger partial charge in [0, 0.05) is 0 Å². The number of hydrogen-bond acceptors (Lipinski definition) is 5. The molecule has 0 aliphatic carbocycles. The molecule has 0 radical (unpaired) electrons. The second-order valence-electron chi connectivity index (χ2n) is 1.39. The molecule has 0 aliphatic heterocycles. The fraction of sp³-hybridized carbons (Fsp3) is 1.00. The van der Waals surface area contributed by atoms with Crippen LogP contribution in [0.5, 0.6) is 0 Å². The van der Waals surface area contributed by atoms with Gasteiger partial charge in [-0.3, -0.25) is 9.05 Å². The molecule has 0 aromatic rings. The van der Waals surface area contributed by atoms with E-state index in [0.717, 1.165) is 0 Å². The maximum absolute atomic E-state index is 11.0. The van der Waals surface area contributed by atoms with Gasteiger partial charge in [-0.25, -0.2) is 15.1 Å². The van der Waals surface area contributed by atoms with Gasteiger partial charge in [-0.2, -0.15) is 0 Å². The zero-order chi connectivity index (χ0) is 8.04. The Morgan fingerprint density at radius 2 is 1.70 bits per heavy atom. The van der Waals surface area contributed by atoms with E-state index in [1.807, 2.05) is 0 Å². The first kappa shape index (κ1) is 10.1.